The normalized spacial score (nSPS) is 13.1. The van der Waals surface area contributed by atoms with Gasteiger partial charge in [0.2, 0.25) is 7.28 Å². The predicted molar refractivity (Wildman–Crippen MR) is 313 cm³/mol. The SMILES string of the molecule is CC(C)(C)c1ccc(Nc2cc(N(c3ccc(C(C)(C)C)cc3)c3ccc(C(C)(C)C)cc3)ccc2-c2ccc3c4cc5c(cc4n4c3c2[B]c2oc3ccc(C(C)(C)C)cc3c2-4)sc2ccccc25)cc1. The Balaban J connectivity index is 1.10. The van der Waals surface area contributed by atoms with Crippen LogP contribution in [0.4, 0.5) is 28.4 Å². The Morgan fingerprint density at radius 3 is 1.67 bits per heavy atom. The van der Waals surface area contributed by atoms with Gasteiger partial charge in [-0.2, -0.15) is 0 Å². The second-order valence-corrected chi connectivity index (χ2v) is 25.3. The lowest BCUT2D eigenvalue weighted by atomic mass is 9.62. The minimum atomic E-state index is -0.0247. The van der Waals surface area contributed by atoms with E-state index in [1.807, 2.05) is 11.3 Å². The molecule has 0 bridgehead atoms. The van der Waals surface area contributed by atoms with E-state index in [1.54, 1.807) is 0 Å². The number of nitrogens with one attached hydrogen (secondary N) is 1. The zero-order valence-electron chi connectivity index (χ0n) is 43.8. The summed E-state index contributed by atoms with van der Waals surface area (Å²) < 4.78 is 12.1. The molecule has 0 saturated carbocycles. The van der Waals surface area contributed by atoms with Gasteiger partial charge in [-0.3, -0.25) is 0 Å². The number of furan rings is 1. The number of anilines is 5. The Labute approximate surface area is 429 Å². The molecule has 3 aromatic heterocycles. The van der Waals surface area contributed by atoms with Crippen molar-refractivity contribution >= 4 is 111 Å². The van der Waals surface area contributed by atoms with Crippen molar-refractivity contribution in [3.8, 4) is 16.8 Å². The van der Waals surface area contributed by atoms with E-state index < -0.39 is 0 Å². The number of thiophene rings is 1. The van der Waals surface area contributed by atoms with E-state index in [9.17, 15) is 0 Å². The lowest BCUT2D eigenvalue weighted by molar-refractivity contribution is 0.590. The van der Waals surface area contributed by atoms with E-state index >= 15 is 0 Å². The summed E-state index contributed by atoms with van der Waals surface area (Å²) in [7, 11) is 2.32. The largest absolute Gasteiger partial charge is 0.469 e. The third kappa shape index (κ3) is 7.73. The molecule has 0 unspecified atom stereocenters. The van der Waals surface area contributed by atoms with Gasteiger partial charge in [-0.25, -0.2) is 0 Å². The molecule has 4 nitrogen and oxygen atoms in total. The van der Waals surface area contributed by atoms with Crippen molar-refractivity contribution in [1.29, 1.82) is 0 Å². The maximum Gasteiger partial charge on any atom is 0.247 e. The maximum absolute atomic E-state index is 6.97. The third-order valence-corrected chi connectivity index (χ3v) is 16.2. The summed E-state index contributed by atoms with van der Waals surface area (Å²) in [6.45, 7) is 27.3. The van der Waals surface area contributed by atoms with Gasteiger partial charge in [-0.05, 0) is 134 Å². The van der Waals surface area contributed by atoms with Gasteiger partial charge in [0.25, 0.3) is 0 Å². The summed E-state index contributed by atoms with van der Waals surface area (Å²) in [5, 5.41) is 10.2. The quantitative estimate of drug-likeness (QED) is 0.169. The zero-order valence-corrected chi connectivity index (χ0v) is 44.6. The monoisotopic (exact) mass is 956 g/mol. The molecule has 6 heteroatoms. The Hall–Kier alpha value is -7.02. The van der Waals surface area contributed by atoms with Crippen LogP contribution >= 0.6 is 11.3 Å². The number of hydrogen-bond acceptors (Lipinski definition) is 4. The predicted octanol–water partition coefficient (Wildman–Crippen LogP) is 17.9. The van der Waals surface area contributed by atoms with E-state index in [4.69, 9.17) is 4.42 Å². The van der Waals surface area contributed by atoms with Crippen molar-refractivity contribution in [1.82, 2.24) is 4.57 Å². The van der Waals surface area contributed by atoms with Crippen molar-refractivity contribution in [2.45, 2.75) is 105 Å². The Morgan fingerprint density at radius 1 is 0.472 bits per heavy atom. The van der Waals surface area contributed by atoms with E-state index in [0.717, 1.165) is 67.3 Å². The Kier molecular flexibility index (Phi) is 10.4. The number of hydrogen-bond donors (Lipinski definition) is 1. The van der Waals surface area contributed by atoms with Crippen LogP contribution in [0.3, 0.4) is 0 Å². The van der Waals surface area contributed by atoms with Gasteiger partial charge in [0, 0.05) is 75.8 Å². The average Bonchev–Trinajstić information content (AvgIpc) is 4.00. The van der Waals surface area contributed by atoms with Crippen LogP contribution in [0.2, 0.25) is 0 Å². The molecular formula is C66H63BN3OS. The van der Waals surface area contributed by atoms with Crippen LogP contribution in [0, 0.1) is 0 Å². The van der Waals surface area contributed by atoms with E-state index in [-0.39, 0.29) is 21.7 Å². The molecule has 72 heavy (non-hydrogen) atoms. The number of fused-ring (bicyclic) bond motifs is 10. The maximum atomic E-state index is 6.97. The van der Waals surface area contributed by atoms with E-state index in [1.165, 1.54) is 64.2 Å². The lowest BCUT2D eigenvalue weighted by Crippen LogP contribution is -2.36. The number of benzene rings is 8. The fourth-order valence-electron chi connectivity index (χ4n) is 10.9. The van der Waals surface area contributed by atoms with Crippen LogP contribution < -0.4 is 21.3 Å². The number of rotatable bonds is 6. The molecule has 8 aromatic carbocycles. The highest BCUT2D eigenvalue weighted by molar-refractivity contribution is 7.25. The van der Waals surface area contributed by atoms with Crippen molar-refractivity contribution in [2.24, 2.45) is 0 Å². The van der Waals surface area contributed by atoms with Gasteiger partial charge in [0.1, 0.15) is 5.58 Å². The molecule has 1 aliphatic heterocycles. The molecule has 0 spiro atoms. The molecule has 357 valence electrons. The highest BCUT2D eigenvalue weighted by Crippen LogP contribution is 2.46. The van der Waals surface area contributed by atoms with Gasteiger partial charge in [-0.1, -0.05) is 162 Å². The molecule has 11 aromatic rings. The molecule has 0 fully saturated rings. The summed E-state index contributed by atoms with van der Waals surface area (Å²) in [6, 6.07) is 59.4. The van der Waals surface area contributed by atoms with Crippen LogP contribution in [0.25, 0.3) is 69.8 Å². The highest BCUT2D eigenvalue weighted by Gasteiger charge is 2.32. The van der Waals surface area contributed by atoms with Crippen LogP contribution in [0.5, 0.6) is 0 Å². The summed E-state index contributed by atoms with van der Waals surface area (Å²) in [6.07, 6.45) is 0. The van der Waals surface area contributed by atoms with Crippen molar-refractivity contribution in [3.63, 3.8) is 0 Å². The van der Waals surface area contributed by atoms with Crippen LogP contribution in [-0.4, -0.2) is 11.8 Å². The molecule has 0 saturated heterocycles. The topological polar surface area (TPSA) is 33.3 Å². The van der Waals surface area contributed by atoms with E-state index in [0.29, 0.717) is 0 Å². The molecule has 4 heterocycles. The van der Waals surface area contributed by atoms with Gasteiger partial charge < -0.3 is 19.2 Å². The van der Waals surface area contributed by atoms with Gasteiger partial charge >= 0.3 is 0 Å². The van der Waals surface area contributed by atoms with Crippen LogP contribution in [0.15, 0.2) is 162 Å². The van der Waals surface area contributed by atoms with Crippen molar-refractivity contribution in [3.05, 3.63) is 180 Å². The minimum absolute atomic E-state index is 0.0247. The molecule has 0 amide bonds. The fraction of sp³-hybridized carbons (Fsp3) is 0.242. The summed E-state index contributed by atoms with van der Waals surface area (Å²) in [5.41, 5.74) is 19.3. The first-order valence-electron chi connectivity index (χ1n) is 25.6. The smallest absolute Gasteiger partial charge is 0.247 e. The lowest BCUT2D eigenvalue weighted by Gasteiger charge is -2.29. The first-order valence-corrected chi connectivity index (χ1v) is 26.4. The second-order valence-electron chi connectivity index (χ2n) is 24.3. The minimum Gasteiger partial charge on any atom is -0.469 e. The van der Waals surface area contributed by atoms with Gasteiger partial charge in [-0.15, -0.1) is 11.3 Å². The van der Waals surface area contributed by atoms with Crippen LogP contribution in [0.1, 0.15) is 105 Å². The van der Waals surface area contributed by atoms with Crippen LogP contribution in [-0.2, 0) is 21.7 Å². The fourth-order valence-corrected chi connectivity index (χ4v) is 12.0. The first kappa shape index (κ1) is 46.1. The summed E-state index contributed by atoms with van der Waals surface area (Å²) in [5.74, 6) is 0. The highest BCUT2D eigenvalue weighted by atomic mass is 32.1. The molecule has 1 N–H and O–H groups in total. The summed E-state index contributed by atoms with van der Waals surface area (Å²) in [4.78, 5) is 2.40. The summed E-state index contributed by atoms with van der Waals surface area (Å²) >= 11 is 1.87. The van der Waals surface area contributed by atoms with Gasteiger partial charge in [0.15, 0.2) is 0 Å². The molecule has 1 radical (unpaired) electrons. The average molecular weight is 957 g/mol. The number of nitrogens with zero attached hydrogens (tertiary/aromatic N) is 2. The molecule has 0 aliphatic carbocycles. The third-order valence-electron chi connectivity index (χ3n) is 15.1. The van der Waals surface area contributed by atoms with E-state index in [2.05, 4.69) is 263 Å². The molecular weight excluding hydrogens is 894 g/mol. The van der Waals surface area contributed by atoms with Gasteiger partial charge in [0.05, 0.1) is 16.9 Å². The Bertz CT molecular complexity index is 3880. The molecule has 12 rings (SSSR count). The first-order chi connectivity index (χ1) is 34.2. The standard InChI is InChI=1S/C66H63BN3OS/c1-63(2,3)39-17-24-43(25-18-39)68-54-36-46(69(44-26-19-40(20-27-44)64(4,5)6)45-28-21-41(22-29-45)65(7,8)9)30-31-47(54)49-32-33-50-51-37-52-48-15-13-14-16-57(48)72-58(52)38-55(51)70-60(50)59(49)67-62-61(70)53-35-42(66(10,11)12)23-34-56(53)71-62/h13-38,68H,1-12H3. The zero-order chi connectivity index (χ0) is 50.2. The van der Waals surface area contributed by atoms with Crippen molar-refractivity contribution in [2.75, 3.05) is 10.2 Å². The number of aromatic nitrogens is 1. The molecule has 1 aliphatic rings. The van der Waals surface area contributed by atoms with Crippen molar-refractivity contribution < 1.29 is 4.42 Å². The Morgan fingerprint density at radius 2 is 1.04 bits per heavy atom. The molecule has 0 atom stereocenters. The second kappa shape index (κ2) is 16.2.